The van der Waals surface area contributed by atoms with Crippen molar-refractivity contribution in [3.63, 3.8) is 0 Å². The van der Waals surface area contributed by atoms with E-state index in [0.29, 0.717) is 0 Å². The van der Waals surface area contributed by atoms with Crippen molar-refractivity contribution in [2.24, 2.45) is 0 Å². The van der Waals surface area contributed by atoms with Gasteiger partial charge >= 0.3 is 0 Å². The molecule has 30 valence electrons. The first-order valence-electron chi connectivity index (χ1n) is 1.15. The van der Waals surface area contributed by atoms with Crippen LogP contribution in [-0.4, -0.2) is 0 Å². The monoisotopic (exact) mass is 87.0 g/mol. The Labute approximate surface area is 39.6 Å². The first kappa shape index (κ1) is 8.85. The van der Waals surface area contributed by atoms with Crippen LogP contribution in [0.1, 0.15) is 0 Å². The highest BCUT2D eigenvalue weighted by molar-refractivity contribution is 7.37. The van der Waals surface area contributed by atoms with Gasteiger partial charge in [-0.1, -0.05) is 25.3 Å². The van der Waals surface area contributed by atoms with Crippen molar-refractivity contribution in [1.29, 1.82) is 0 Å². The molecule has 0 bridgehead atoms. The van der Waals surface area contributed by atoms with Crippen molar-refractivity contribution in [3.05, 3.63) is 25.3 Å². The van der Waals surface area contributed by atoms with Gasteiger partial charge in [0.2, 0.25) is 0 Å². The highest BCUT2D eigenvalue weighted by Crippen LogP contribution is 1.52. The van der Waals surface area contributed by atoms with Crippen molar-refractivity contribution in [3.8, 4) is 0 Å². The number of hydrogen-bond acceptors (Lipinski definition) is 1. The number of allylic oxidation sites excluding steroid dienone is 2. The summed E-state index contributed by atoms with van der Waals surface area (Å²) in [6.45, 7) is 6.72. The lowest BCUT2D eigenvalue weighted by atomic mass is 10.6. The van der Waals surface area contributed by atoms with Crippen LogP contribution < -0.4 is 0 Å². The van der Waals surface area contributed by atoms with E-state index < -0.39 is 0 Å². The van der Waals surface area contributed by atoms with E-state index >= 15 is 0 Å². The van der Waals surface area contributed by atoms with Crippen LogP contribution in [0.15, 0.2) is 25.3 Å². The second-order valence-corrected chi connectivity index (χ2v) is 0.471. The minimum Gasteiger partial charge on any atom is -0.813 e. The maximum Gasteiger partial charge on any atom is -0.0701 e. The van der Waals surface area contributed by atoms with Crippen LogP contribution in [-0.2, 0) is 13.5 Å². The molecule has 0 aliphatic rings. The van der Waals surface area contributed by atoms with Crippen LogP contribution in [0.5, 0.6) is 0 Å². The van der Waals surface area contributed by atoms with Gasteiger partial charge in [-0.15, -0.1) is 0 Å². The molecule has 0 aliphatic heterocycles. The van der Waals surface area contributed by atoms with Gasteiger partial charge in [0, 0.05) is 0 Å². The second-order valence-electron chi connectivity index (χ2n) is 0.471. The van der Waals surface area contributed by atoms with Crippen molar-refractivity contribution in [2.75, 3.05) is 0 Å². The highest BCUT2D eigenvalue weighted by Gasteiger charge is 1.29. The molecule has 0 saturated carbocycles. The molecule has 1 heteroatoms. The zero-order valence-electron chi connectivity index (χ0n) is 3.02. The maximum absolute atomic E-state index is 3.36. The van der Waals surface area contributed by atoms with E-state index in [9.17, 15) is 0 Å². The fourth-order valence-corrected chi connectivity index (χ4v) is 0. The lowest BCUT2D eigenvalue weighted by Gasteiger charge is -1.44. The Morgan fingerprint density at radius 2 is 1.20 bits per heavy atom. The van der Waals surface area contributed by atoms with E-state index in [0.717, 1.165) is 0 Å². The molecular formula is C4H7S-. The molecule has 0 fully saturated rings. The van der Waals surface area contributed by atoms with Crippen LogP contribution in [0.2, 0.25) is 0 Å². The molecule has 0 saturated heterocycles. The molecule has 0 radical (unpaired) electrons. The van der Waals surface area contributed by atoms with Gasteiger partial charge in [0.05, 0.1) is 0 Å². The third-order valence-corrected chi connectivity index (χ3v) is 0.167. The smallest absolute Gasteiger partial charge is 0.0701 e. The molecule has 0 N–H and O–H groups in total. The summed E-state index contributed by atoms with van der Waals surface area (Å²) in [5, 5.41) is 0. The first-order valence-corrected chi connectivity index (χ1v) is 1.15. The van der Waals surface area contributed by atoms with Gasteiger partial charge in [-0.25, -0.2) is 0 Å². The van der Waals surface area contributed by atoms with E-state index in [2.05, 4.69) is 13.2 Å². The zero-order chi connectivity index (χ0) is 3.41. The third-order valence-electron chi connectivity index (χ3n) is 0.167. The van der Waals surface area contributed by atoms with Gasteiger partial charge in [-0.2, -0.15) is 0 Å². The van der Waals surface area contributed by atoms with Gasteiger partial charge < -0.3 is 13.5 Å². The van der Waals surface area contributed by atoms with Crippen LogP contribution in [0.4, 0.5) is 0 Å². The molecule has 0 nitrogen and oxygen atoms in total. The summed E-state index contributed by atoms with van der Waals surface area (Å²) in [4.78, 5) is 0. The minimum absolute atomic E-state index is 0. The quantitative estimate of drug-likeness (QED) is 0.262. The summed E-state index contributed by atoms with van der Waals surface area (Å²) < 4.78 is 0. The first-order chi connectivity index (χ1) is 1.91. The molecule has 0 aromatic heterocycles. The Balaban J connectivity index is 0. The van der Waals surface area contributed by atoms with Crippen molar-refractivity contribution >= 4 is 13.5 Å². The Kier molecular flexibility index (Phi) is 16.2. The molecule has 0 amide bonds. The lowest BCUT2D eigenvalue weighted by molar-refractivity contribution is 2.15. The average Bonchev–Trinajstić information content (AvgIpc) is 1.37. The Bertz CT molecular complexity index is 24.6. The van der Waals surface area contributed by atoms with Crippen molar-refractivity contribution < 1.29 is 0 Å². The Morgan fingerprint density at radius 1 is 1.00 bits per heavy atom. The van der Waals surface area contributed by atoms with E-state index in [4.69, 9.17) is 0 Å². The van der Waals surface area contributed by atoms with Gasteiger partial charge in [-0.3, -0.25) is 0 Å². The molecule has 0 aromatic rings. The predicted molar refractivity (Wildman–Crippen MR) is 29.2 cm³/mol. The summed E-state index contributed by atoms with van der Waals surface area (Å²) in [6, 6.07) is 0. The Morgan fingerprint density at radius 3 is 1.20 bits per heavy atom. The molecule has 0 unspecified atom stereocenters. The molecule has 5 heavy (non-hydrogen) atoms. The summed E-state index contributed by atoms with van der Waals surface area (Å²) in [5.74, 6) is 0. The molecule has 0 rings (SSSR count). The SMILES string of the molecule is C=CC=C.[SH-]. The van der Waals surface area contributed by atoms with Crippen LogP contribution >= 0.6 is 0 Å². The molecule has 0 spiro atoms. The summed E-state index contributed by atoms with van der Waals surface area (Å²) in [7, 11) is 0. The summed E-state index contributed by atoms with van der Waals surface area (Å²) in [6.07, 6.45) is 3.28. The van der Waals surface area contributed by atoms with E-state index in [1.807, 2.05) is 0 Å². The van der Waals surface area contributed by atoms with Gasteiger partial charge in [0.1, 0.15) is 0 Å². The average molecular weight is 87.2 g/mol. The van der Waals surface area contributed by atoms with Gasteiger partial charge in [0.15, 0.2) is 0 Å². The normalized spacial score (nSPS) is 4.00. The fourth-order valence-electron chi connectivity index (χ4n) is 0. The molecule has 0 heterocycles. The molecule has 0 aromatic carbocycles. The minimum atomic E-state index is 0. The molecule has 0 atom stereocenters. The van der Waals surface area contributed by atoms with E-state index in [-0.39, 0.29) is 13.5 Å². The van der Waals surface area contributed by atoms with Gasteiger partial charge in [0.25, 0.3) is 0 Å². The van der Waals surface area contributed by atoms with Gasteiger partial charge in [-0.05, 0) is 0 Å². The fraction of sp³-hybridized carbons (Fsp3) is 0. The summed E-state index contributed by atoms with van der Waals surface area (Å²) in [5.41, 5.74) is 0. The van der Waals surface area contributed by atoms with E-state index in [1.54, 1.807) is 12.2 Å². The summed E-state index contributed by atoms with van der Waals surface area (Å²) >= 11 is 0. The lowest BCUT2D eigenvalue weighted by Crippen LogP contribution is -1.21. The highest BCUT2D eigenvalue weighted by atomic mass is 32.1. The largest absolute Gasteiger partial charge is 0.813 e. The van der Waals surface area contributed by atoms with Crippen LogP contribution in [0, 0.1) is 0 Å². The number of rotatable bonds is 1. The van der Waals surface area contributed by atoms with E-state index in [1.165, 1.54) is 0 Å². The van der Waals surface area contributed by atoms with Crippen molar-refractivity contribution in [2.45, 2.75) is 0 Å². The van der Waals surface area contributed by atoms with Crippen molar-refractivity contribution in [1.82, 2.24) is 0 Å². The zero-order valence-corrected chi connectivity index (χ0v) is 3.91. The van der Waals surface area contributed by atoms with Crippen LogP contribution in [0.3, 0.4) is 0 Å². The molecule has 0 aliphatic carbocycles. The second kappa shape index (κ2) is 9.16. The maximum atomic E-state index is 3.36. The standard InChI is InChI=1S/C4H6.H2S/c1-3-4-2;/h3-4H,1-2H2;1H2/p-1. The molecular weight excluding hydrogens is 80.1 g/mol. The predicted octanol–water partition coefficient (Wildman–Crippen LogP) is 1.09. The number of hydrogen-bond donors (Lipinski definition) is 0. The number of thiol groups is 1. The van der Waals surface area contributed by atoms with Crippen LogP contribution in [0.25, 0.3) is 0 Å². The Hall–Kier alpha value is -0.170. The third kappa shape index (κ3) is 18.6. The topological polar surface area (TPSA) is 0 Å².